The number of halogens is 1. The molecule has 0 saturated heterocycles. The highest BCUT2D eigenvalue weighted by atomic mass is 19.1. The zero-order chi connectivity index (χ0) is 15.2. The van der Waals surface area contributed by atoms with Crippen molar-refractivity contribution in [1.82, 2.24) is 5.32 Å². The van der Waals surface area contributed by atoms with Crippen molar-refractivity contribution < 1.29 is 13.5 Å². The lowest BCUT2D eigenvalue weighted by molar-refractivity contribution is 0.155. The number of nitrogens with one attached hydrogen (secondary N) is 1. The van der Waals surface area contributed by atoms with E-state index in [-0.39, 0.29) is 18.4 Å². The first-order valence-electron chi connectivity index (χ1n) is 6.61. The van der Waals surface area contributed by atoms with E-state index in [1.165, 1.54) is 12.1 Å². The third-order valence-electron chi connectivity index (χ3n) is 3.15. The molecule has 0 aliphatic carbocycles. The minimum Gasteiger partial charge on any atom is -0.465 e. The van der Waals surface area contributed by atoms with Crippen molar-refractivity contribution in [2.24, 2.45) is 0 Å². The molecule has 4 nitrogen and oxygen atoms in total. The smallest absolute Gasteiger partial charge is 0.127 e. The summed E-state index contributed by atoms with van der Waals surface area (Å²) in [6.07, 6.45) is 0. The van der Waals surface area contributed by atoms with Crippen LogP contribution in [-0.4, -0.2) is 13.7 Å². The van der Waals surface area contributed by atoms with Gasteiger partial charge in [0.1, 0.15) is 17.3 Å². The number of furan rings is 1. The highest BCUT2D eigenvalue weighted by molar-refractivity contribution is 5.33. The van der Waals surface area contributed by atoms with E-state index in [2.05, 4.69) is 5.32 Å². The number of benzene rings is 1. The van der Waals surface area contributed by atoms with Gasteiger partial charge in [0, 0.05) is 19.2 Å². The molecule has 2 rings (SSSR count). The number of hydrogen-bond donors (Lipinski definition) is 1. The largest absolute Gasteiger partial charge is 0.465 e. The van der Waals surface area contributed by atoms with Crippen LogP contribution in [0.15, 0.2) is 34.7 Å². The SMILES string of the molecule is COCC(NCc1cc(C#N)ccc1F)c1ccc(C)o1. The van der Waals surface area contributed by atoms with Gasteiger partial charge in [-0.25, -0.2) is 4.39 Å². The highest BCUT2D eigenvalue weighted by Crippen LogP contribution is 2.18. The second-order valence-corrected chi connectivity index (χ2v) is 4.76. The molecule has 0 radical (unpaired) electrons. The summed E-state index contributed by atoms with van der Waals surface area (Å²) in [6, 6.07) is 9.88. The lowest BCUT2D eigenvalue weighted by Gasteiger charge is -2.16. The molecule has 0 amide bonds. The first-order valence-corrected chi connectivity index (χ1v) is 6.61. The summed E-state index contributed by atoms with van der Waals surface area (Å²) in [6.45, 7) is 2.56. The Morgan fingerprint density at radius 3 is 2.81 bits per heavy atom. The summed E-state index contributed by atoms with van der Waals surface area (Å²) in [4.78, 5) is 0. The fourth-order valence-electron chi connectivity index (χ4n) is 2.06. The van der Waals surface area contributed by atoms with Crippen molar-refractivity contribution in [2.75, 3.05) is 13.7 Å². The molecule has 0 spiro atoms. The van der Waals surface area contributed by atoms with Gasteiger partial charge < -0.3 is 14.5 Å². The molecular formula is C16H17FN2O2. The molecular weight excluding hydrogens is 271 g/mol. The summed E-state index contributed by atoms with van der Waals surface area (Å²) in [5.41, 5.74) is 0.878. The van der Waals surface area contributed by atoms with Crippen LogP contribution < -0.4 is 5.32 Å². The van der Waals surface area contributed by atoms with Gasteiger partial charge in [-0.15, -0.1) is 0 Å². The van der Waals surface area contributed by atoms with Crippen molar-refractivity contribution in [3.63, 3.8) is 0 Å². The Morgan fingerprint density at radius 1 is 1.38 bits per heavy atom. The molecule has 1 heterocycles. The first kappa shape index (κ1) is 15.2. The quantitative estimate of drug-likeness (QED) is 0.887. The Labute approximate surface area is 123 Å². The molecule has 0 fully saturated rings. The molecule has 0 saturated carbocycles. The third-order valence-corrected chi connectivity index (χ3v) is 3.15. The number of rotatable bonds is 6. The summed E-state index contributed by atoms with van der Waals surface area (Å²) in [5.74, 6) is 1.21. The van der Waals surface area contributed by atoms with E-state index in [1.807, 2.05) is 25.1 Å². The maximum atomic E-state index is 13.7. The molecule has 0 aliphatic rings. The molecule has 110 valence electrons. The van der Waals surface area contributed by atoms with Crippen LogP contribution in [0.2, 0.25) is 0 Å². The Kier molecular flexibility index (Phi) is 5.09. The number of hydrogen-bond acceptors (Lipinski definition) is 4. The van der Waals surface area contributed by atoms with E-state index in [1.54, 1.807) is 13.2 Å². The number of ether oxygens (including phenoxy) is 1. The van der Waals surface area contributed by atoms with Gasteiger partial charge in [-0.1, -0.05) is 0 Å². The Bertz CT molecular complexity index is 646. The fourth-order valence-corrected chi connectivity index (χ4v) is 2.06. The fraction of sp³-hybridized carbons (Fsp3) is 0.312. The Hall–Kier alpha value is -2.16. The molecule has 0 bridgehead atoms. The van der Waals surface area contributed by atoms with Crippen molar-refractivity contribution >= 4 is 0 Å². The summed E-state index contributed by atoms with van der Waals surface area (Å²) >= 11 is 0. The van der Waals surface area contributed by atoms with Crippen LogP contribution in [0.4, 0.5) is 4.39 Å². The van der Waals surface area contributed by atoms with Gasteiger partial charge in [0.25, 0.3) is 0 Å². The number of nitriles is 1. The van der Waals surface area contributed by atoms with Gasteiger partial charge in [-0.3, -0.25) is 0 Å². The lowest BCUT2D eigenvalue weighted by Crippen LogP contribution is -2.25. The molecule has 1 N–H and O–H groups in total. The van der Waals surface area contributed by atoms with Crippen LogP contribution in [0.25, 0.3) is 0 Å². The molecule has 1 aromatic heterocycles. The predicted molar refractivity (Wildman–Crippen MR) is 76.0 cm³/mol. The lowest BCUT2D eigenvalue weighted by atomic mass is 10.1. The maximum Gasteiger partial charge on any atom is 0.127 e. The monoisotopic (exact) mass is 288 g/mol. The average Bonchev–Trinajstić information content (AvgIpc) is 2.91. The number of nitrogens with zero attached hydrogens (tertiary/aromatic N) is 1. The van der Waals surface area contributed by atoms with E-state index >= 15 is 0 Å². The van der Waals surface area contributed by atoms with Crippen molar-refractivity contribution in [2.45, 2.75) is 19.5 Å². The van der Waals surface area contributed by atoms with Crippen LogP contribution in [-0.2, 0) is 11.3 Å². The topological polar surface area (TPSA) is 58.2 Å². The van der Waals surface area contributed by atoms with E-state index in [0.29, 0.717) is 17.7 Å². The zero-order valence-electron chi connectivity index (χ0n) is 12.0. The van der Waals surface area contributed by atoms with Gasteiger partial charge in [0.15, 0.2) is 0 Å². The number of aryl methyl sites for hydroxylation is 1. The van der Waals surface area contributed by atoms with Crippen molar-refractivity contribution in [1.29, 1.82) is 5.26 Å². The summed E-state index contributed by atoms with van der Waals surface area (Å²) in [7, 11) is 1.60. The summed E-state index contributed by atoms with van der Waals surface area (Å²) in [5, 5.41) is 12.1. The van der Waals surface area contributed by atoms with E-state index < -0.39 is 0 Å². The van der Waals surface area contributed by atoms with Crippen LogP contribution in [0, 0.1) is 24.1 Å². The molecule has 1 atom stereocenters. The second-order valence-electron chi connectivity index (χ2n) is 4.76. The maximum absolute atomic E-state index is 13.7. The van der Waals surface area contributed by atoms with Crippen molar-refractivity contribution in [3.05, 3.63) is 58.8 Å². The van der Waals surface area contributed by atoms with Gasteiger partial charge >= 0.3 is 0 Å². The highest BCUT2D eigenvalue weighted by Gasteiger charge is 2.15. The van der Waals surface area contributed by atoms with Gasteiger partial charge in [0.05, 0.1) is 24.3 Å². The Morgan fingerprint density at radius 2 is 2.19 bits per heavy atom. The molecule has 0 aliphatic heterocycles. The van der Waals surface area contributed by atoms with E-state index in [4.69, 9.17) is 14.4 Å². The first-order chi connectivity index (χ1) is 10.1. The van der Waals surface area contributed by atoms with Crippen LogP contribution in [0.3, 0.4) is 0 Å². The van der Waals surface area contributed by atoms with Crippen LogP contribution in [0.5, 0.6) is 0 Å². The third kappa shape index (κ3) is 3.91. The molecule has 1 aromatic carbocycles. The molecule has 21 heavy (non-hydrogen) atoms. The second kappa shape index (κ2) is 7.02. The molecule has 2 aromatic rings. The average molecular weight is 288 g/mol. The van der Waals surface area contributed by atoms with E-state index in [0.717, 1.165) is 11.5 Å². The molecule has 1 unspecified atom stereocenters. The van der Waals surface area contributed by atoms with Crippen molar-refractivity contribution in [3.8, 4) is 6.07 Å². The minimum absolute atomic E-state index is 0.172. The van der Waals surface area contributed by atoms with Gasteiger partial charge in [-0.05, 0) is 37.3 Å². The normalized spacial score (nSPS) is 12.1. The predicted octanol–water partition coefficient (Wildman–Crippen LogP) is 3.08. The number of methoxy groups -OCH3 is 1. The Balaban J connectivity index is 2.10. The standard InChI is InChI=1S/C16H17FN2O2/c1-11-3-6-16(21-11)15(10-20-2)19-9-13-7-12(8-18)4-5-14(13)17/h3-7,15,19H,9-10H2,1-2H3. The zero-order valence-corrected chi connectivity index (χ0v) is 12.0. The van der Waals surface area contributed by atoms with E-state index in [9.17, 15) is 4.39 Å². The van der Waals surface area contributed by atoms with Crippen LogP contribution in [0.1, 0.15) is 28.7 Å². The van der Waals surface area contributed by atoms with Gasteiger partial charge in [0.2, 0.25) is 0 Å². The molecule has 5 heteroatoms. The van der Waals surface area contributed by atoms with Crippen LogP contribution >= 0.6 is 0 Å². The summed E-state index contributed by atoms with van der Waals surface area (Å²) < 4.78 is 24.5. The van der Waals surface area contributed by atoms with Gasteiger partial charge in [-0.2, -0.15) is 5.26 Å². The minimum atomic E-state index is -0.340.